The predicted molar refractivity (Wildman–Crippen MR) is 127 cm³/mol. The molecule has 0 spiro atoms. The summed E-state index contributed by atoms with van der Waals surface area (Å²) in [6.45, 7) is 4.17. The number of fused-ring (bicyclic) bond motifs is 2. The number of unbranched alkanes of at least 4 members (excludes halogenated alkanes) is 1. The molecule has 0 N–H and O–H groups in total. The average Bonchev–Trinajstić information content (AvgIpc) is 2.81. The zero-order chi connectivity index (χ0) is 22.7. The van der Waals surface area contributed by atoms with E-state index in [4.69, 9.17) is 0 Å². The molecule has 0 amide bonds. The van der Waals surface area contributed by atoms with E-state index in [1.165, 1.54) is 38.5 Å². The van der Waals surface area contributed by atoms with E-state index in [1.807, 2.05) is 19.1 Å². The van der Waals surface area contributed by atoms with Gasteiger partial charge in [-0.3, -0.25) is 0 Å². The molecule has 32 heavy (non-hydrogen) atoms. The lowest BCUT2D eigenvalue weighted by molar-refractivity contribution is 0.112. The molecule has 174 valence electrons. The van der Waals surface area contributed by atoms with Gasteiger partial charge in [-0.2, -0.15) is 0 Å². The van der Waals surface area contributed by atoms with E-state index in [1.54, 1.807) is 18.2 Å². The molecule has 0 saturated heterocycles. The average molecular weight is 443 g/mol. The zero-order valence-corrected chi connectivity index (χ0v) is 19.6. The van der Waals surface area contributed by atoms with Crippen LogP contribution in [0.25, 0.3) is 10.8 Å². The quantitative estimate of drug-likeness (QED) is 0.375. The van der Waals surface area contributed by atoms with Gasteiger partial charge >= 0.3 is 0 Å². The van der Waals surface area contributed by atoms with Crippen LogP contribution in [0.5, 0.6) is 0 Å². The minimum Gasteiger partial charge on any atom is -0.206 e. The number of halogens is 3. The molecule has 0 aliphatic heterocycles. The van der Waals surface area contributed by atoms with Crippen LogP contribution in [0.1, 0.15) is 95.1 Å². The Morgan fingerprint density at radius 2 is 1.72 bits per heavy atom. The van der Waals surface area contributed by atoms with Gasteiger partial charge in [-0.25, -0.2) is 13.2 Å². The molecule has 4 unspecified atom stereocenters. The second-order valence-electron chi connectivity index (χ2n) is 10.2. The third-order valence-electron chi connectivity index (χ3n) is 8.17. The van der Waals surface area contributed by atoms with Crippen LogP contribution in [0.4, 0.5) is 13.2 Å². The van der Waals surface area contributed by atoms with Crippen LogP contribution in [0.15, 0.2) is 30.4 Å². The van der Waals surface area contributed by atoms with Gasteiger partial charge in [0.2, 0.25) is 0 Å². The number of rotatable bonds is 7. The van der Waals surface area contributed by atoms with Crippen molar-refractivity contribution in [2.24, 2.45) is 17.8 Å². The Kier molecular flexibility index (Phi) is 7.63. The van der Waals surface area contributed by atoms with Crippen LogP contribution in [-0.4, -0.2) is 0 Å². The summed E-state index contributed by atoms with van der Waals surface area (Å²) >= 11 is 0. The molecule has 4 atom stereocenters. The van der Waals surface area contributed by atoms with E-state index < -0.39 is 17.5 Å². The van der Waals surface area contributed by atoms with Crippen LogP contribution in [0.3, 0.4) is 0 Å². The highest BCUT2D eigenvalue weighted by Gasteiger charge is 2.37. The summed E-state index contributed by atoms with van der Waals surface area (Å²) in [6, 6.07) is 5.22. The summed E-state index contributed by atoms with van der Waals surface area (Å²) in [5.41, 5.74) is 0.907. The molecule has 2 fully saturated rings. The van der Waals surface area contributed by atoms with E-state index in [0.29, 0.717) is 35.3 Å². The monoisotopic (exact) mass is 442 g/mol. The van der Waals surface area contributed by atoms with Crippen molar-refractivity contribution in [2.75, 3.05) is 0 Å². The maximum absolute atomic E-state index is 15.2. The van der Waals surface area contributed by atoms with Gasteiger partial charge in [-0.15, -0.1) is 0 Å². The Balaban J connectivity index is 1.54. The summed E-state index contributed by atoms with van der Waals surface area (Å²) in [4.78, 5) is 0. The Morgan fingerprint density at radius 3 is 2.50 bits per heavy atom. The maximum atomic E-state index is 15.2. The molecule has 0 radical (unpaired) electrons. The number of aryl methyl sites for hydroxylation is 1. The van der Waals surface area contributed by atoms with Gasteiger partial charge in [-0.05, 0) is 98.1 Å². The van der Waals surface area contributed by atoms with Crippen LogP contribution in [0.2, 0.25) is 0 Å². The van der Waals surface area contributed by atoms with Gasteiger partial charge in [0.25, 0.3) is 0 Å². The molecular formula is C29H37F3. The molecule has 0 nitrogen and oxygen atoms in total. The van der Waals surface area contributed by atoms with Gasteiger partial charge < -0.3 is 0 Å². The van der Waals surface area contributed by atoms with Gasteiger partial charge in [0, 0.05) is 0 Å². The first-order valence-corrected chi connectivity index (χ1v) is 12.7. The third-order valence-corrected chi connectivity index (χ3v) is 8.17. The smallest absolute Gasteiger partial charge is 0.169 e. The fraction of sp³-hybridized carbons (Fsp3) is 0.586. The maximum Gasteiger partial charge on any atom is 0.169 e. The molecule has 2 saturated carbocycles. The molecule has 4 rings (SSSR count). The molecule has 2 aliphatic carbocycles. The van der Waals surface area contributed by atoms with Gasteiger partial charge in [0.05, 0.1) is 5.39 Å². The highest BCUT2D eigenvalue weighted by atomic mass is 19.2. The van der Waals surface area contributed by atoms with Crippen molar-refractivity contribution in [3.05, 3.63) is 58.9 Å². The Hall–Kier alpha value is -1.77. The first kappa shape index (κ1) is 23.4. The van der Waals surface area contributed by atoms with Crippen molar-refractivity contribution in [1.29, 1.82) is 0 Å². The first-order chi connectivity index (χ1) is 15.5. The van der Waals surface area contributed by atoms with E-state index in [0.717, 1.165) is 31.1 Å². The van der Waals surface area contributed by atoms with Crippen molar-refractivity contribution in [3.63, 3.8) is 0 Å². The largest absolute Gasteiger partial charge is 0.206 e. The molecule has 2 aromatic rings. The zero-order valence-electron chi connectivity index (χ0n) is 19.6. The summed E-state index contributed by atoms with van der Waals surface area (Å²) in [6.07, 6.45) is 15.7. The van der Waals surface area contributed by atoms with Crippen LogP contribution in [0, 0.1) is 35.2 Å². The van der Waals surface area contributed by atoms with E-state index >= 15 is 13.2 Å². The van der Waals surface area contributed by atoms with Gasteiger partial charge in [-0.1, -0.05) is 56.9 Å². The van der Waals surface area contributed by atoms with Crippen molar-refractivity contribution in [2.45, 2.75) is 90.4 Å². The van der Waals surface area contributed by atoms with Crippen molar-refractivity contribution >= 4 is 10.8 Å². The Morgan fingerprint density at radius 1 is 0.938 bits per heavy atom. The van der Waals surface area contributed by atoms with E-state index in [9.17, 15) is 0 Å². The Bertz CT molecular complexity index is 961. The third kappa shape index (κ3) is 4.77. The summed E-state index contributed by atoms with van der Waals surface area (Å²) in [5.74, 6) is -0.185. The van der Waals surface area contributed by atoms with Crippen molar-refractivity contribution in [3.8, 4) is 0 Å². The lowest BCUT2D eigenvalue weighted by Gasteiger charge is -2.42. The van der Waals surface area contributed by atoms with E-state index in [2.05, 4.69) is 6.92 Å². The van der Waals surface area contributed by atoms with Crippen LogP contribution < -0.4 is 0 Å². The molecule has 2 aromatic carbocycles. The fourth-order valence-corrected chi connectivity index (χ4v) is 6.36. The van der Waals surface area contributed by atoms with Crippen molar-refractivity contribution in [1.82, 2.24) is 0 Å². The van der Waals surface area contributed by atoms with Crippen LogP contribution >= 0.6 is 0 Å². The van der Waals surface area contributed by atoms with Gasteiger partial charge in [0.15, 0.2) is 11.6 Å². The topological polar surface area (TPSA) is 0 Å². The number of benzene rings is 2. The molecule has 2 aliphatic rings. The lowest BCUT2D eigenvalue weighted by Crippen LogP contribution is -2.30. The minimum absolute atomic E-state index is 0.0415. The fourth-order valence-electron chi connectivity index (χ4n) is 6.36. The molecule has 0 bridgehead atoms. The number of hydrogen-bond acceptors (Lipinski definition) is 0. The van der Waals surface area contributed by atoms with Gasteiger partial charge in [0.1, 0.15) is 5.82 Å². The SMILES string of the molecule is CC=CCCc1ccc2cc(C3CCC4CC(CCCC)CCC4C3)c(F)c(F)c2c1F. The standard InChI is InChI=1S/C29H37F3/c1-3-5-7-9-20-12-15-24-18-25(28(31)29(32)26(24)27(20)30)23-14-13-21-16-19(8-6-4-2)10-11-22(21)17-23/h3,5,12,15,18-19,21-23H,4,6-11,13-14,16-17H2,1-2H3. The molecule has 0 heterocycles. The Labute approximate surface area is 191 Å². The summed E-state index contributed by atoms with van der Waals surface area (Å²) in [7, 11) is 0. The number of hydrogen-bond donors (Lipinski definition) is 0. The molecular weight excluding hydrogens is 405 g/mol. The van der Waals surface area contributed by atoms with Crippen molar-refractivity contribution < 1.29 is 13.2 Å². The highest BCUT2D eigenvalue weighted by Crippen LogP contribution is 2.49. The van der Waals surface area contributed by atoms with Crippen LogP contribution in [-0.2, 0) is 6.42 Å². The van der Waals surface area contributed by atoms with E-state index in [-0.39, 0.29) is 11.3 Å². The minimum atomic E-state index is -1.01. The first-order valence-electron chi connectivity index (χ1n) is 12.7. The second-order valence-corrected chi connectivity index (χ2v) is 10.2. The molecule has 0 aromatic heterocycles. The number of allylic oxidation sites excluding steroid dienone is 2. The molecule has 3 heteroatoms. The summed E-state index contributed by atoms with van der Waals surface area (Å²) in [5, 5.41) is 0.297. The summed E-state index contributed by atoms with van der Waals surface area (Å²) < 4.78 is 45.4. The highest BCUT2D eigenvalue weighted by molar-refractivity contribution is 5.85. The lowest BCUT2D eigenvalue weighted by atomic mass is 9.63. The predicted octanol–water partition coefficient (Wildman–Crippen LogP) is 9.26. The normalized spacial score (nSPS) is 26.0. The second kappa shape index (κ2) is 10.4.